The van der Waals surface area contributed by atoms with E-state index < -0.39 is 10.0 Å². The predicted molar refractivity (Wildman–Crippen MR) is 179 cm³/mol. The summed E-state index contributed by atoms with van der Waals surface area (Å²) in [5.41, 5.74) is 2.94. The molecule has 2 N–H and O–H groups in total. The number of fused-ring (bicyclic) bond motifs is 1. The first-order valence-corrected chi connectivity index (χ1v) is 16.8. The van der Waals surface area contributed by atoms with Crippen LogP contribution in [0.5, 0.6) is 0 Å². The van der Waals surface area contributed by atoms with E-state index in [4.69, 9.17) is 39.8 Å². The fourth-order valence-corrected chi connectivity index (χ4v) is 6.86. The Balaban J connectivity index is 1.39. The van der Waals surface area contributed by atoms with Crippen molar-refractivity contribution >= 4 is 61.5 Å². The summed E-state index contributed by atoms with van der Waals surface area (Å²) in [4.78, 5) is 31.9. The molecule has 236 valence electrons. The van der Waals surface area contributed by atoms with Crippen LogP contribution in [-0.4, -0.2) is 69.4 Å². The van der Waals surface area contributed by atoms with Gasteiger partial charge in [-0.1, -0.05) is 60.8 Å². The smallest absolute Gasteiger partial charge is 0.262 e. The maximum absolute atomic E-state index is 13.4. The van der Waals surface area contributed by atoms with E-state index in [0.29, 0.717) is 63.4 Å². The molecule has 3 heterocycles. The van der Waals surface area contributed by atoms with Crippen LogP contribution in [0.2, 0.25) is 15.1 Å². The van der Waals surface area contributed by atoms with Gasteiger partial charge in [-0.15, -0.1) is 0 Å². The molecule has 3 aromatic heterocycles. The van der Waals surface area contributed by atoms with Crippen molar-refractivity contribution < 1.29 is 8.42 Å². The summed E-state index contributed by atoms with van der Waals surface area (Å²) < 4.78 is 28.7. The lowest BCUT2D eigenvalue weighted by Crippen LogP contribution is -2.26. The van der Waals surface area contributed by atoms with Gasteiger partial charge in [0, 0.05) is 36.3 Å². The van der Waals surface area contributed by atoms with Crippen molar-refractivity contribution in [1.29, 1.82) is 0 Å². The van der Waals surface area contributed by atoms with Gasteiger partial charge in [0.2, 0.25) is 10.0 Å². The fourth-order valence-electron chi connectivity index (χ4n) is 4.68. The Labute approximate surface area is 275 Å². The second kappa shape index (κ2) is 13.4. The molecule has 0 fully saturated rings. The molecule has 0 amide bonds. The number of halogens is 3. The standard InChI is InChI=1S/C30H31Cl3N8O3S/c1-17(2)27-26-29(41(38-27)28-22(32)14-19(31)15-23(28)33)36-25(37-30(26)42)16-21-9-10-34-24(35-21)13-18-5-7-20(8-6-18)39-45(43,44)12-11-40(3)4/h5-10,14-15,17,39H,11-13,16H2,1-4H3,(H,36,37,42). The summed E-state index contributed by atoms with van der Waals surface area (Å²) >= 11 is 19.2. The molecule has 0 saturated carbocycles. The first kappa shape index (κ1) is 32.8. The average molecular weight is 690 g/mol. The Bertz CT molecular complexity index is 2000. The SMILES string of the molecule is CC(C)c1nn(-c2c(Cl)cc(Cl)cc2Cl)c2nc(Cc3ccnc(Cc4ccc(NS(=O)(=O)CCN(C)C)cc4)n3)[nH]c(=O)c12. The number of anilines is 1. The number of H-pyrrole nitrogens is 1. The molecule has 5 aromatic rings. The monoisotopic (exact) mass is 688 g/mol. The van der Waals surface area contributed by atoms with Crippen LogP contribution >= 0.6 is 34.8 Å². The summed E-state index contributed by atoms with van der Waals surface area (Å²) in [5.74, 6) is 0.858. The number of benzene rings is 2. The van der Waals surface area contributed by atoms with E-state index in [1.54, 1.807) is 36.5 Å². The fraction of sp³-hybridized carbons (Fsp3) is 0.300. The minimum Gasteiger partial charge on any atom is -0.310 e. The van der Waals surface area contributed by atoms with Gasteiger partial charge in [-0.3, -0.25) is 9.52 Å². The lowest BCUT2D eigenvalue weighted by Gasteiger charge is -2.12. The van der Waals surface area contributed by atoms with E-state index in [2.05, 4.69) is 24.8 Å². The number of hydrogen-bond donors (Lipinski definition) is 2. The van der Waals surface area contributed by atoms with E-state index in [-0.39, 0.29) is 33.7 Å². The van der Waals surface area contributed by atoms with Crippen molar-refractivity contribution in [3.05, 3.63) is 103 Å². The molecule has 0 unspecified atom stereocenters. The summed E-state index contributed by atoms with van der Waals surface area (Å²) in [6.07, 6.45) is 2.29. The minimum atomic E-state index is -3.45. The van der Waals surface area contributed by atoms with E-state index in [0.717, 1.165) is 5.56 Å². The van der Waals surface area contributed by atoms with E-state index in [1.807, 2.05) is 45.0 Å². The number of rotatable bonds is 11. The summed E-state index contributed by atoms with van der Waals surface area (Å²) in [7, 11) is 0.193. The molecule has 0 atom stereocenters. The average Bonchev–Trinajstić information content (AvgIpc) is 3.33. The van der Waals surface area contributed by atoms with Gasteiger partial charge in [0.15, 0.2) is 5.65 Å². The van der Waals surface area contributed by atoms with Gasteiger partial charge < -0.3 is 9.88 Å². The van der Waals surface area contributed by atoms with Crippen LogP contribution in [0.4, 0.5) is 5.69 Å². The van der Waals surface area contributed by atoms with Crippen molar-refractivity contribution in [2.24, 2.45) is 0 Å². The zero-order valence-electron chi connectivity index (χ0n) is 25.0. The molecule has 0 saturated heterocycles. The van der Waals surface area contributed by atoms with E-state index in [9.17, 15) is 13.2 Å². The highest BCUT2D eigenvalue weighted by Gasteiger charge is 2.23. The van der Waals surface area contributed by atoms with Gasteiger partial charge in [0.05, 0.1) is 27.2 Å². The number of nitrogens with one attached hydrogen (secondary N) is 2. The highest BCUT2D eigenvalue weighted by Crippen LogP contribution is 2.34. The Morgan fingerprint density at radius 3 is 2.33 bits per heavy atom. The van der Waals surface area contributed by atoms with Crippen molar-refractivity contribution in [2.75, 3.05) is 31.1 Å². The first-order chi connectivity index (χ1) is 21.3. The highest BCUT2D eigenvalue weighted by atomic mass is 35.5. The first-order valence-electron chi connectivity index (χ1n) is 14.0. The number of aromatic amines is 1. The Kier molecular flexibility index (Phi) is 9.80. The number of aromatic nitrogens is 6. The maximum Gasteiger partial charge on any atom is 0.262 e. The lowest BCUT2D eigenvalue weighted by atomic mass is 10.1. The molecule has 0 spiro atoms. The van der Waals surface area contributed by atoms with E-state index in [1.165, 1.54) is 4.68 Å². The van der Waals surface area contributed by atoms with Crippen molar-refractivity contribution in [3.63, 3.8) is 0 Å². The zero-order valence-corrected chi connectivity index (χ0v) is 28.1. The molecule has 0 bridgehead atoms. The van der Waals surface area contributed by atoms with Crippen molar-refractivity contribution in [2.45, 2.75) is 32.6 Å². The molecule has 0 aliphatic rings. The van der Waals surface area contributed by atoms with Crippen molar-refractivity contribution in [1.82, 2.24) is 34.6 Å². The maximum atomic E-state index is 13.4. The third-order valence-corrected chi connectivity index (χ3v) is 8.92. The van der Waals surface area contributed by atoms with Gasteiger partial charge in [0.25, 0.3) is 5.56 Å². The van der Waals surface area contributed by atoms with Crippen LogP contribution in [0.3, 0.4) is 0 Å². The predicted octanol–water partition coefficient (Wildman–Crippen LogP) is 5.47. The normalized spacial score (nSPS) is 12.0. The zero-order chi connectivity index (χ0) is 32.5. The summed E-state index contributed by atoms with van der Waals surface area (Å²) in [6, 6.07) is 11.9. The topological polar surface area (TPSA) is 139 Å². The minimum absolute atomic E-state index is 0.000704. The van der Waals surface area contributed by atoms with Crippen LogP contribution in [0, 0.1) is 0 Å². The molecule has 11 nitrogen and oxygen atoms in total. The Morgan fingerprint density at radius 2 is 1.69 bits per heavy atom. The quantitative estimate of drug-likeness (QED) is 0.186. The number of hydrogen-bond acceptors (Lipinski definition) is 8. The number of sulfonamides is 1. The van der Waals surface area contributed by atoms with E-state index >= 15 is 0 Å². The molecule has 45 heavy (non-hydrogen) atoms. The van der Waals surface area contributed by atoms with Gasteiger partial charge in [-0.25, -0.2) is 28.1 Å². The van der Waals surface area contributed by atoms with Gasteiger partial charge in [-0.2, -0.15) is 5.10 Å². The van der Waals surface area contributed by atoms with Crippen LogP contribution in [0.1, 0.15) is 48.4 Å². The number of nitrogens with zero attached hydrogens (tertiary/aromatic N) is 6. The third-order valence-electron chi connectivity index (χ3n) is 6.86. The molecule has 2 aromatic carbocycles. The molecule has 0 aliphatic carbocycles. The van der Waals surface area contributed by atoms with Crippen LogP contribution in [-0.2, 0) is 22.9 Å². The van der Waals surface area contributed by atoms with Gasteiger partial charge in [-0.05, 0) is 55.9 Å². The molecule has 0 radical (unpaired) electrons. The molecular formula is C30H31Cl3N8O3S. The Morgan fingerprint density at radius 1 is 1.00 bits per heavy atom. The second-order valence-corrected chi connectivity index (χ2v) is 14.2. The van der Waals surface area contributed by atoms with Gasteiger partial charge in [0.1, 0.15) is 22.7 Å². The Hall–Kier alpha value is -3.55. The molecule has 5 rings (SSSR count). The summed E-state index contributed by atoms with van der Waals surface area (Å²) in [5, 5.41) is 5.94. The third kappa shape index (κ3) is 7.82. The molecule has 15 heteroatoms. The van der Waals surface area contributed by atoms with Gasteiger partial charge >= 0.3 is 0 Å². The summed E-state index contributed by atoms with van der Waals surface area (Å²) in [6.45, 7) is 4.29. The highest BCUT2D eigenvalue weighted by molar-refractivity contribution is 7.92. The molecular weight excluding hydrogens is 659 g/mol. The van der Waals surface area contributed by atoms with Crippen LogP contribution in [0.15, 0.2) is 53.5 Å². The van der Waals surface area contributed by atoms with Crippen LogP contribution < -0.4 is 10.3 Å². The second-order valence-electron chi connectivity index (χ2n) is 11.1. The van der Waals surface area contributed by atoms with Crippen molar-refractivity contribution in [3.8, 4) is 5.69 Å². The lowest BCUT2D eigenvalue weighted by molar-refractivity contribution is 0.432. The van der Waals surface area contributed by atoms with Crippen LogP contribution in [0.25, 0.3) is 16.7 Å². The molecule has 0 aliphatic heterocycles. The largest absolute Gasteiger partial charge is 0.310 e.